The highest BCUT2D eigenvalue weighted by molar-refractivity contribution is 5.98. The van der Waals surface area contributed by atoms with Gasteiger partial charge in [0.15, 0.2) is 0 Å². The number of nitrogens with one attached hydrogen (secondary N) is 7. The standard InChI is InChI=1S/C45H62N10O10/c1-25(2)18-35(44(64)65-45(5,6)7)55-40(60)32(20-29-16-12-9-13-17-29)52-42(62)34(22-36(46)57)53-41(61)33(21-30-23-48-24-49-30)51-38(58)26(3)50-39(59)31(19-28-14-10-8-11-15-28)54-43(63)37(47)27(4)56/h8-17,23-24,26-27,31-35,37,56H,1,18-22,47H2,2-7H3,(H2,46,57)(H,48,49)(H,50,59)(H,51,58)(H,52,62)(H,53,61)(H,54,63)(H,55,60)/t26-,27+,31-,32-,33-,34-,35+,37-/m0/s1. The van der Waals surface area contributed by atoms with E-state index in [1.54, 1.807) is 88.4 Å². The lowest BCUT2D eigenvalue weighted by Gasteiger charge is -2.28. The summed E-state index contributed by atoms with van der Waals surface area (Å²) in [7, 11) is 0. The minimum atomic E-state index is -1.67. The molecule has 3 aromatic rings. The summed E-state index contributed by atoms with van der Waals surface area (Å²) in [5.41, 5.74) is 12.7. The van der Waals surface area contributed by atoms with Crippen LogP contribution in [0.2, 0.25) is 0 Å². The van der Waals surface area contributed by atoms with E-state index in [0.717, 1.165) is 0 Å². The van der Waals surface area contributed by atoms with Crippen molar-refractivity contribution in [2.45, 2.75) is 128 Å². The highest BCUT2D eigenvalue weighted by Gasteiger charge is 2.35. The summed E-state index contributed by atoms with van der Waals surface area (Å²) >= 11 is 0. The topological polar surface area (TPSA) is 319 Å². The van der Waals surface area contributed by atoms with Crippen LogP contribution in [-0.4, -0.2) is 116 Å². The third kappa shape index (κ3) is 18.4. The second kappa shape index (κ2) is 24.8. The van der Waals surface area contributed by atoms with Gasteiger partial charge in [0.1, 0.15) is 47.9 Å². The van der Waals surface area contributed by atoms with Crippen LogP contribution in [0.4, 0.5) is 0 Å². The summed E-state index contributed by atoms with van der Waals surface area (Å²) in [6, 6.07) is 7.81. The van der Waals surface area contributed by atoms with Gasteiger partial charge in [0, 0.05) is 31.2 Å². The van der Waals surface area contributed by atoms with Gasteiger partial charge in [-0.05, 0) is 59.1 Å². The lowest BCUT2D eigenvalue weighted by molar-refractivity contribution is -0.158. The molecule has 0 aliphatic heterocycles. The fourth-order valence-electron chi connectivity index (χ4n) is 6.25. The summed E-state index contributed by atoms with van der Waals surface area (Å²) < 4.78 is 5.52. The van der Waals surface area contributed by atoms with Gasteiger partial charge in [-0.1, -0.05) is 66.2 Å². The van der Waals surface area contributed by atoms with Crippen molar-refractivity contribution in [2.24, 2.45) is 11.5 Å². The van der Waals surface area contributed by atoms with E-state index >= 15 is 0 Å². The Balaban J connectivity index is 1.86. The number of carbonyl (C=O) groups is 8. The Bertz CT molecular complexity index is 2110. The first kappa shape index (κ1) is 52.4. The van der Waals surface area contributed by atoms with Gasteiger partial charge in [0.25, 0.3) is 0 Å². The largest absolute Gasteiger partial charge is 0.458 e. The maximum Gasteiger partial charge on any atom is 0.329 e. The Hall–Kier alpha value is -6.93. The van der Waals surface area contributed by atoms with Gasteiger partial charge in [-0.3, -0.25) is 33.6 Å². The van der Waals surface area contributed by atoms with Crippen molar-refractivity contribution in [3.05, 3.63) is 102 Å². The van der Waals surface area contributed by atoms with Crippen molar-refractivity contribution in [1.82, 2.24) is 41.9 Å². The number of ether oxygens (including phenoxy) is 1. The molecule has 0 bridgehead atoms. The number of aromatic amines is 1. The zero-order valence-electron chi connectivity index (χ0n) is 37.5. The van der Waals surface area contributed by atoms with Crippen LogP contribution < -0.4 is 43.4 Å². The minimum Gasteiger partial charge on any atom is -0.458 e. The fraction of sp³-hybridized carbons (Fsp3) is 0.444. The Morgan fingerprint density at radius 2 is 1.12 bits per heavy atom. The number of nitrogens with two attached hydrogens (primary N) is 2. The molecule has 8 atom stereocenters. The SMILES string of the molecule is C=C(C)C[C@@H](NC(=O)[C@H](Cc1ccccc1)NC(=O)[C@H](CC(N)=O)NC(=O)[C@H](Cc1cnc[nH]1)NC(=O)[C@H](C)NC(=O)[C@H](Cc1ccccc1)NC(=O)[C@@H](N)[C@@H](C)O)C(=O)OC(C)(C)C. The number of carbonyl (C=O) groups excluding carboxylic acids is 8. The molecule has 0 radical (unpaired) electrons. The van der Waals surface area contributed by atoms with Gasteiger partial charge >= 0.3 is 5.97 Å². The van der Waals surface area contributed by atoms with Gasteiger partial charge < -0.3 is 58.2 Å². The number of aromatic nitrogens is 2. The number of aliphatic hydroxyl groups is 1. The van der Waals surface area contributed by atoms with Gasteiger partial charge in [-0.2, -0.15) is 0 Å². The van der Waals surface area contributed by atoms with Gasteiger partial charge in [0.05, 0.1) is 18.9 Å². The van der Waals surface area contributed by atoms with Crippen molar-refractivity contribution in [2.75, 3.05) is 0 Å². The lowest BCUT2D eigenvalue weighted by atomic mass is 10.0. The molecule has 0 fully saturated rings. The molecule has 0 aliphatic rings. The Morgan fingerprint density at radius 1 is 0.677 bits per heavy atom. The lowest BCUT2D eigenvalue weighted by Crippen LogP contribution is -2.60. The van der Waals surface area contributed by atoms with Gasteiger partial charge in [0.2, 0.25) is 41.4 Å². The molecule has 20 nitrogen and oxygen atoms in total. The third-order valence-electron chi connectivity index (χ3n) is 9.62. The van der Waals surface area contributed by atoms with Crippen molar-refractivity contribution in [3.8, 4) is 0 Å². The number of imidazole rings is 1. The average Bonchev–Trinajstić information content (AvgIpc) is 3.75. The van der Waals surface area contributed by atoms with Crippen LogP contribution in [-0.2, 0) is 62.4 Å². The van der Waals surface area contributed by atoms with E-state index < -0.39 is 108 Å². The number of aliphatic hydroxyl groups excluding tert-OH is 1. The number of primary amides is 1. The van der Waals surface area contributed by atoms with Crippen molar-refractivity contribution in [3.63, 3.8) is 0 Å². The summed E-state index contributed by atoms with van der Waals surface area (Å²) in [6.45, 7) is 13.2. The molecule has 7 amide bonds. The van der Waals surface area contributed by atoms with E-state index in [1.807, 2.05) is 0 Å². The third-order valence-corrected chi connectivity index (χ3v) is 9.62. The molecule has 1 aromatic heterocycles. The number of nitrogens with zero attached hydrogens (tertiary/aromatic N) is 1. The van der Waals surface area contributed by atoms with Crippen molar-refractivity contribution < 1.29 is 48.2 Å². The van der Waals surface area contributed by atoms with Crippen LogP contribution in [0.15, 0.2) is 85.3 Å². The summed E-state index contributed by atoms with van der Waals surface area (Å²) in [4.78, 5) is 114. The average molecular weight is 903 g/mol. The van der Waals surface area contributed by atoms with Crippen LogP contribution in [0, 0.1) is 0 Å². The van der Waals surface area contributed by atoms with E-state index in [-0.39, 0.29) is 25.7 Å². The second-order valence-electron chi connectivity index (χ2n) is 16.8. The van der Waals surface area contributed by atoms with E-state index in [2.05, 4.69) is 48.4 Å². The van der Waals surface area contributed by atoms with Crippen molar-refractivity contribution >= 4 is 47.3 Å². The van der Waals surface area contributed by atoms with Crippen LogP contribution in [0.5, 0.6) is 0 Å². The molecule has 0 spiro atoms. The number of benzene rings is 2. The number of amides is 7. The minimum absolute atomic E-state index is 0.000134. The zero-order valence-corrected chi connectivity index (χ0v) is 37.5. The molecule has 12 N–H and O–H groups in total. The maximum absolute atomic E-state index is 14.0. The molecule has 2 aromatic carbocycles. The van der Waals surface area contributed by atoms with Crippen LogP contribution in [0.3, 0.4) is 0 Å². The predicted octanol–water partition coefficient (Wildman–Crippen LogP) is -0.742. The molecule has 65 heavy (non-hydrogen) atoms. The number of H-pyrrole nitrogens is 1. The molecule has 0 saturated heterocycles. The molecule has 3 rings (SSSR count). The van der Waals surface area contributed by atoms with Gasteiger partial charge in [-0.25, -0.2) is 9.78 Å². The normalized spacial score (nSPS) is 14.9. The molecule has 352 valence electrons. The van der Waals surface area contributed by atoms with E-state index in [1.165, 1.54) is 26.4 Å². The fourth-order valence-corrected chi connectivity index (χ4v) is 6.25. The van der Waals surface area contributed by atoms with Crippen LogP contribution in [0.25, 0.3) is 0 Å². The van der Waals surface area contributed by atoms with Crippen LogP contribution in [0.1, 0.15) is 71.2 Å². The summed E-state index contributed by atoms with van der Waals surface area (Å²) in [5, 5.41) is 25.2. The van der Waals surface area contributed by atoms with Crippen LogP contribution >= 0.6 is 0 Å². The van der Waals surface area contributed by atoms with Gasteiger partial charge in [-0.15, -0.1) is 6.58 Å². The molecule has 0 saturated carbocycles. The second-order valence-corrected chi connectivity index (χ2v) is 16.8. The first-order valence-electron chi connectivity index (χ1n) is 21.0. The number of esters is 1. The van der Waals surface area contributed by atoms with Crippen molar-refractivity contribution in [1.29, 1.82) is 0 Å². The Labute approximate surface area is 377 Å². The van der Waals surface area contributed by atoms with E-state index in [0.29, 0.717) is 22.4 Å². The highest BCUT2D eigenvalue weighted by atomic mass is 16.6. The highest BCUT2D eigenvalue weighted by Crippen LogP contribution is 2.14. The Morgan fingerprint density at radius 3 is 1.58 bits per heavy atom. The molecular formula is C45H62N10O10. The number of hydrogen-bond acceptors (Lipinski definition) is 12. The predicted molar refractivity (Wildman–Crippen MR) is 239 cm³/mol. The monoisotopic (exact) mass is 902 g/mol. The smallest absolute Gasteiger partial charge is 0.329 e. The first-order chi connectivity index (χ1) is 30.5. The molecule has 0 aliphatic carbocycles. The molecule has 0 unspecified atom stereocenters. The maximum atomic E-state index is 14.0. The summed E-state index contributed by atoms with van der Waals surface area (Å²) in [6.07, 6.45) is 0.531. The van der Waals surface area contributed by atoms with E-state index in [4.69, 9.17) is 16.2 Å². The number of rotatable bonds is 24. The Kier molecular flexibility index (Phi) is 20.0. The first-order valence-corrected chi connectivity index (χ1v) is 21.0. The summed E-state index contributed by atoms with van der Waals surface area (Å²) in [5.74, 6) is -6.87. The number of hydrogen-bond donors (Lipinski definition) is 10. The molecule has 20 heteroatoms. The van der Waals surface area contributed by atoms with E-state index in [9.17, 15) is 43.5 Å². The molecule has 1 heterocycles. The molecular weight excluding hydrogens is 841 g/mol. The zero-order chi connectivity index (χ0) is 48.4. The quantitative estimate of drug-likeness (QED) is 0.0393.